The molecule has 0 saturated carbocycles. The summed E-state index contributed by atoms with van der Waals surface area (Å²) in [6, 6.07) is 0. The van der Waals surface area contributed by atoms with Gasteiger partial charge >= 0.3 is 29.6 Å². The topological polar surface area (TPSA) is 59.0 Å². The number of hydrogen-bond donors (Lipinski definition) is 0. The minimum absolute atomic E-state index is 0. The van der Waals surface area contributed by atoms with Crippen molar-refractivity contribution in [2.75, 3.05) is 6.54 Å². The van der Waals surface area contributed by atoms with Crippen LogP contribution in [0.4, 0.5) is 0 Å². The monoisotopic (exact) mass is 239 g/mol. The summed E-state index contributed by atoms with van der Waals surface area (Å²) in [6.07, 6.45) is 0.832. The summed E-state index contributed by atoms with van der Waals surface area (Å²) in [7, 11) is 0. The summed E-state index contributed by atoms with van der Waals surface area (Å²) in [5.74, 6) is 0. The first-order valence-corrected chi connectivity index (χ1v) is 5.16. The normalized spacial score (nSPS) is 12.2. The maximum absolute atomic E-state index is 11.2. The first-order valence-electron chi connectivity index (χ1n) is 5.16. The van der Waals surface area contributed by atoms with Gasteiger partial charge in [-0.05, 0) is 32.6 Å². The van der Waals surface area contributed by atoms with Crippen LogP contribution in [0.2, 0.25) is 0 Å². The third-order valence-corrected chi connectivity index (χ3v) is 2.12. The molecule has 0 unspecified atom stereocenters. The largest absolute Gasteiger partial charge is 1.00 e. The van der Waals surface area contributed by atoms with Crippen molar-refractivity contribution in [3.8, 4) is 0 Å². The molecule has 0 heterocycles. The molecule has 5 nitrogen and oxygen atoms in total. The molecule has 0 aromatic carbocycles. The average molecular weight is 239 g/mol. The smallest absolute Gasteiger partial charge is 0.724 e. The van der Waals surface area contributed by atoms with Crippen LogP contribution in [0.3, 0.4) is 0 Å². The summed E-state index contributed by atoms with van der Waals surface area (Å²) in [4.78, 5) is 10.2. The van der Waals surface area contributed by atoms with Crippen molar-refractivity contribution in [2.24, 2.45) is 10.7 Å². The predicted octanol–water partition coefficient (Wildman–Crippen LogP) is -0.0767. The zero-order valence-corrected chi connectivity index (χ0v) is 13.6. The van der Waals surface area contributed by atoms with E-state index in [4.69, 9.17) is 0 Å². The van der Waals surface area contributed by atoms with Gasteiger partial charge in [0.25, 0.3) is 0 Å². The molecule has 16 heavy (non-hydrogen) atoms. The van der Waals surface area contributed by atoms with Gasteiger partial charge in [0, 0.05) is 12.1 Å². The molecule has 0 atom stereocenters. The first kappa shape index (κ1) is 18.7. The maximum atomic E-state index is 11.2. The van der Waals surface area contributed by atoms with E-state index in [2.05, 4.69) is 26.1 Å². The molecule has 0 aliphatic carbocycles. The molecule has 0 amide bonds. The molecule has 0 spiro atoms. The number of nitroso groups, excluding NO2 is 1. The van der Waals surface area contributed by atoms with E-state index < -0.39 is 0 Å². The van der Waals surface area contributed by atoms with Crippen molar-refractivity contribution in [3.63, 3.8) is 0 Å². The summed E-state index contributed by atoms with van der Waals surface area (Å²) >= 11 is 0. The fraction of sp³-hybridized carbons (Fsp3) is 1.00. The van der Waals surface area contributed by atoms with E-state index in [0.717, 1.165) is 6.42 Å². The van der Waals surface area contributed by atoms with Gasteiger partial charge in [-0.15, -0.1) is 4.91 Å². The van der Waals surface area contributed by atoms with E-state index in [1.807, 2.05) is 20.8 Å². The van der Waals surface area contributed by atoms with Crippen molar-refractivity contribution >= 4 is 0 Å². The molecule has 0 aromatic rings. The van der Waals surface area contributed by atoms with E-state index in [1.54, 1.807) is 0 Å². The second kappa shape index (κ2) is 6.91. The second-order valence-corrected chi connectivity index (χ2v) is 5.94. The van der Waals surface area contributed by atoms with Crippen LogP contribution in [0.15, 0.2) is 5.29 Å². The van der Waals surface area contributed by atoms with Crippen LogP contribution in [0, 0.1) is 15.5 Å². The molecular weight excluding hydrogens is 217 g/mol. The third kappa shape index (κ3) is 7.57. The van der Waals surface area contributed by atoms with Crippen LogP contribution in [0.25, 0.3) is 0 Å². The van der Waals surface area contributed by atoms with Gasteiger partial charge in [0.1, 0.15) is 0 Å². The molecule has 0 N–H and O–H groups in total. The molecule has 0 fully saturated rings. The number of nitrogens with zero attached hydrogens (tertiary/aromatic N) is 3. The van der Waals surface area contributed by atoms with E-state index >= 15 is 0 Å². The zero-order valence-electron chi connectivity index (χ0n) is 11.6. The predicted molar refractivity (Wildman–Crippen MR) is 61.5 cm³/mol. The van der Waals surface area contributed by atoms with E-state index in [0.29, 0.717) is 6.54 Å². The maximum Gasteiger partial charge on any atom is 1.00 e. The van der Waals surface area contributed by atoms with Crippen molar-refractivity contribution in [3.05, 3.63) is 10.1 Å². The Morgan fingerprint density at radius 2 is 1.56 bits per heavy atom. The van der Waals surface area contributed by atoms with Gasteiger partial charge in [-0.1, -0.05) is 20.8 Å². The molecule has 6 heteroatoms. The van der Waals surface area contributed by atoms with Crippen LogP contribution in [0.5, 0.6) is 0 Å². The Kier molecular flexibility index (Phi) is 8.07. The van der Waals surface area contributed by atoms with Crippen molar-refractivity contribution in [1.82, 2.24) is 10.3 Å². The molecule has 0 aliphatic rings. The molecule has 0 aromatic heterocycles. The van der Waals surface area contributed by atoms with Crippen molar-refractivity contribution in [1.29, 1.82) is 0 Å². The fourth-order valence-corrected chi connectivity index (χ4v) is 1.16. The van der Waals surface area contributed by atoms with Gasteiger partial charge in [0.2, 0.25) is 0 Å². The molecule has 0 bridgehead atoms. The van der Waals surface area contributed by atoms with Gasteiger partial charge in [-0.2, -0.15) is 0 Å². The molecule has 0 saturated heterocycles. The van der Waals surface area contributed by atoms with Crippen LogP contribution < -0.4 is 29.6 Å². The number of hydrogen-bond acceptors (Lipinski definition) is 4. The molecule has 0 aliphatic heterocycles. The van der Waals surface area contributed by atoms with Crippen molar-refractivity contribution in [2.45, 2.75) is 53.5 Å². The standard InChI is InChI=1S/C10H22N3O2.Na/c1-9(2,3)7-8-12(10(4,5)6)13(15)11-14;/h7-8H2,1-6H3;/q-1;+1. The Morgan fingerprint density at radius 1 is 1.12 bits per heavy atom. The first-order chi connectivity index (χ1) is 6.58. The van der Waals surface area contributed by atoms with Gasteiger partial charge in [-0.3, -0.25) is 5.28 Å². The van der Waals surface area contributed by atoms with E-state index in [9.17, 15) is 10.1 Å². The molecule has 0 rings (SSSR count). The average Bonchev–Trinajstić information content (AvgIpc) is 1.99. The van der Waals surface area contributed by atoms with Crippen molar-refractivity contribution < 1.29 is 29.6 Å². The molecule has 0 radical (unpaired) electrons. The minimum Gasteiger partial charge on any atom is -0.724 e. The Bertz CT molecular complexity index is 211. The fourth-order valence-electron chi connectivity index (χ4n) is 1.16. The molecule has 90 valence electrons. The van der Waals surface area contributed by atoms with Crippen LogP contribution in [-0.2, 0) is 0 Å². The SMILES string of the molecule is CC(C)(C)CCN(N([O-])N=O)C(C)(C)C.[Na+]. The van der Waals surface area contributed by atoms with Crippen LogP contribution in [-0.4, -0.2) is 22.4 Å². The van der Waals surface area contributed by atoms with E-state index in [-0.39, 0.29) is 45.8 Å². The van der Waals surface area contributed by atoms with Crippen LogP contribution in [0.1, 0.15) is 48.0 Å². The summed E-state index contributed by atoms with van der Waals surface area (Å²) in [6.45, 7) is 12.5. The molecular formula is C10H22N3NaO2. The Hall–Kier alpha value is 0.320. The van der Waals surface area contributed by atoms with E-state index in [1.165, 1.54) is 5.01 Å². The number of hydrazine groups is 1. The van der Waals surface area contributed by atoms with Gasteiger partial charge in [-0.25, -0.2) is 5.01 Å². The number of rotatable bonds is 4. The quantitative estimate of drug-likeness (QED) is 0.391. The van der Waals surface area contributed by atoms with Crippen LogP contribution >= 0.6 is 0 Å². The zero-order chi connectivity index (χ0) is 12.3. The Balaban J connectivity index is 0. The minimum atomic E-state index is -0.388. The summed E-state index contributed by atoms with van der Waals surface area (Å²) < 4.78 is 0. The second-order valence-electron chi connectivity index (χ2n) is 5.94. The Morgan fingerprint density at radius 3 is 1.81 bits per heavy atom. The van der Waals surface area contributed by atoms with Gasteiger partial charge in [0.15, 0.2) is 0 Å². The Labute approximate surface area is 120 Å². The third-order valence-electron chi connectivity index (χ3n) is 2.12. The van der Waals surface area contributed by atoms with Gasteiger partial charge in [0.05, 0.1) is 5.29 Å². The van der Waals surface area contributed by atoms with Gasteiger partial charge < -0.3 is 5.21 Å². The summed E-state index contributed by atoms with van der Waals surface area (Å²) in [5, 5.41) is 15.2. The summed E-state index contributed by atoms with van der Waals surface area (Å²) in [5.41, 5.74) is -0.256.